The molecule has 5 heteroatoms. The Morgan fingerprint density at radius 1 is 1.04 bits per heavy atom. The summed E-state index contributed by atoms with van der Waals surface area (Å²) in [6.07, 6.45) is 5.76. The Bertz CT molecular complexity index is 725. The lowest BCUT2D eigenvalue weighted by Gasteiger charge is -2.18. The molecule has 2 aromatic rings. The van der Waals surface area contributed by atoms with Crippen molar-refractivity contribution in [1.82, 2.24) is 9.88 Å². The van der Waals surface area contributed by atoms with E-state index in [0.717, 1.165) is 44.5 Å². The highest BCUT2D eigenvalue weighted by Crippen LogP contribution is 2.20. The number of hydrogen-bond donors (Lipinski definition) is 1. The zero-order valence-electron chi connectivity index (χ0n) is 14.3. The molecule has 130 valence electrons. The van der Waals surface area contributed by atoms with Crippen molar-refractivity contribution in [2.45, 2.75) is 32.1 Å². The molecule has 1 fully saturated rings. The summed E-state index contributed by atoms with van der Waals surface area (Å²) in [7, 11) is 0. The molecule has 1 aliphatic heterocycles. The van der Waals surface area contributed by atoms with Gasteiger partial charge in [0, 0.05) is 31.4 Å². The number of rotatable bonds is 6. The first-order valence-corrected chi connectivity index (χ1v) is 8.82. The average molecular weight is 337 g/mol. The molecule has 0 saturated carbocycles. The third-order valence-corrected chi connectivity index (χ3v) is 4.39. The van der Waals surface area contributed by atoms with Crippen molar-refractivity contribution in [2.75, 3.05) is 18.4 Å². The second-order valence-electron chi connectivity index (χ2n) is 6.27. The quantitative estimate of drug-likeness (QED) is 0.880. The van der Waals surface area contributed by atoms with Gasteiger partial charge < -0.3 is 10.2 Å². The van der Waals surface area contributed by atoms with E-state index >= 15 is 0 Å². The minimum absolute atomic E-state index is 0.00175. The van der Waals surface area contributed by atoms with E-state index in [1.165, 1.54) is 0 Å². The number of pyridine rings is 1. The summed E-state index contributed by atoms with van der Waals surface area (Å²) in [4.78, 5) is 31.0. The Kier molecular flexibility index (Phi) is 5.77. The summed E-state index contributed by atoms with van der Waals surface area (Å²) in [5, 5.41) is 2.89. The first-order valence-electron chi connectivity index (χ1n) is 8.82. The van der Waals surface area contributed by atoms with Gasteiger partial charge in [0.25, 0.3) is 5.91 Å². The number of amides is 2. The van der Waals surface area contributed by atoms with Crippen LogP contribution < -0.4 is 5.32 Å². The normalized spacial score (nSPS) is 13.7. The van der Waals surface area contributed by atoms with Gasteiger partial charge in [0.2, 0.25) is 5.91 Å². The lowest BCUT2D eigenvalue weighted by atomic mass is 10.1. The molecule has 1 aliphatic rings. The van der Waals surface area contributed by atoms with Crippen LogP contribution in [0.25, 0.3) is 0 Å². The number of nitrogens with zero attached hydrogens (tertiary/aromatic N) is 2. The van der Waals surface area contributed by atoms with Crippen LogP contribution in [0.2, 0.25) is 0 Å². The highest BCUT2D eigenvalue weighted by Gasteiger charge is 2.22. The van der Waals surface area contributed by atoms with Crippen molar-refractivity contribution in [3.8, 4) is 0 Å². The fourth-order valence-electron chi connectivity index (χ4n) is 3.06. The molecule has 25 heavy (non-hydrogen) atoms. The molecule has 0 spiro atoms. The highest BCUT2D eigenvalue weighted by molar-refractivity contribution is 6.03. The van der Waals surface area contributed by atoms with Crippen LogP contribution in [-0.2, 0) is 11.2 Å². The summed E-state index contributed by atoms with van der Waals surface area (Å²) >= 11 is 0. The van der Waals surface area contributed by atoms with Crippen molar-refractivity contribution in [1.29, 1.82) is 0 Å². The zero-order valence-corrected chi connectivity index (χ0v) is 14.3. The molecular formula is C20H23N3O2. The largest absolute Gasteiger partial charge is 0.339 e. The Morgan fingerprint density at radius 2 is 1.80 bits per heavy atom. The molecule has 5 nitrogen and oxygen atoms in total. The number of nitrogens with one attached hydrogen (secondary N) is 1. The van der Waals surface area contributed by atoms with Crippen LogP contribution in [0.3, 0.4) is 0 Å². The smallest absolute Gasteiger partial charge is 0.255 e. The van der Waals surface area contributed by atoms with Crippen LogP contribution in [0.15, 0.2) is 48.7 Å². The fourth-order valence-corrected chi connectivity index (χ4v) is 3.06. The van der Waals surface area contributed by atoms with Gasteiger partial charge >= 0.3 is 0 Å². The summed E-state index contributed by atoms with van der Waals surface area (Å²) in [5.41, 5.74) is 2.16. The molecular weight excluding hydrogens is 314 g/mol. The van der Waals surface area contributed by atoms with E-state index in [1.54, 1.807) is 18.3 Å². The first kappa shape index (κ1) is 17.1. The van der Waals surface area contributed by atoms with Crippen LogP contribution >= 0.6 is 0 Å². The summed E-state index contributed by atoms with van der Waals surface area (Å²) < 4.78 is 0. The van der Waals surface area contributed by atoms with E-state index < -0.39 is 0 Å². The monoisotopic (exact) mass is 337 g/mol. The standard InChI is InChI=1S/C20H23N3O2/c24-19(12-7-9-16-8-3-4-13-21-16)22-18-11-2-1-10-17(18)20(25)23-14-5-6-15-23/h1-4,8,10-11,13H,5-7,9,12,14-15H2,(H,22,24). The van der Waals surface area contributed by atoms with Crippen LogP contribution in [0.4, 0.5) is 5.69 Å². The van der Waals surface area contributed by atoms with E-state index in [9.17, 15) is 9.59 Å². The minimum atomic E-state index is -0.0717. The van der Waals surface area contributed by atoms with Gasteiger partial charge in [0.15, 0.2) is 0 Å². The predicted molar refractivity (Wildman–Crippen MR) is 97.4 cm³/mol. The number of para-hydroxylation sites is 1. The van der Waals surface area contributed by atoms with Crippen molar-refractivity contribution in [3.63, 3.8) is 0 Å². The highest BCUT2D eigenvalue weighted by atomic mass is 16.2. The van der Waals surface area contributed by atoms with E-state index in [4.69, 9.17) is 0 Å². The second-order valence-corrected chi connectivity index (χ2v) is 6.27. The molecule has 0 unspecified atom stereocenters. The minimum Gasteiger partial charge on any atom is -0.339 e. The van der Waals surface area contributed by atoms with Gasteiger partial charge in [0.1, 0.15) is 0 Å². The van der Waals surface area contributed by atoms with Gasteiger partial charge in [-0.1, -0.05) is 18.2 Å². The van der Waals surface area contributed by atoms with Crippen molar-refractivity contribution < 1.29 is 9.59 Å². The van der Waals surface area contributed by atoms with Gasteiger partial charge in [-0.25, -0.2) is 0 Å². The molecule has 0 bridgehead atoms. The topological polar surface area (TPSA) is 62.3 Å². The lowest BCUT2D eigenvalue weighted by Crippen LogP contribution is -2.28. The van der Waals surface area contributed by atoms with Crippen molar-refractivity contribution in [2.24, 2.45) is 0 Å². The molecule has 1 aromatic heterocycles. The number of likely N-dealkylation sites (tertiary alicyclic amines) is 1. The maximum absolute atomic E-state index is 12.6. The molecule has 1 saturated heterocycles. The van der Waals surface area contributed by atoms with Crippen molar-refractivity contribution in [3.05, 3.63) is 59.9 Å². The van der Waals surface area contributed by atoms with E-state index in [1.807, 2.05) is 35.2 Å². The average Bonchev–Trinajstić information content (AvgIpc) is 3.17. The number of hydrogen-bond acceptors (Lipinski definition) is 3. The Balaban J connectivity index is 1.56. The molecule has 2 amide bonds. The number of aryl methyl sites for hydroxylation is 1. The van der Waals surface area contributed by atoms with Gasteiger partial charge in [-0.15, -0.1) is 0 Å². The second kappa shape index (κ2) is 8.42. The van der Waals surface area contributed by atoms with Gasteiger partial charge in [0.05, 0.1) is 11.3 Å². The lowest BCUT2D eigenvalue weighted by molar-refractivity contribution is -0.116. The van der Waals surface area contributed by atoms with Gasteiger partial charge in [-0.3, -0.25) is 14.6 Å². The molecule has 2 heterocycles. The van der Waals surface area contributed by atoms with Crippen LogP contribution in [-0.4, -0.2) is 34.8 Å². The Morgan fingerprint density at radius 3 is 2.56 bits per heavy atom. The van der Waals surface area contributed by atoms with Gasteiger partial charge in [-0.2, -0.15) is 0 Å². The van der Waals surface area contributed by atoms with Crippen LogP contribution in [0.5, 0.6) is 0 Å². The molecule has 1 aromatic carbocycles. The van der Waals surface area contributed by atoms with Crippen LogP contribution in [0.1, 0.15) is 41.7 Å². The summed E-state index contributed by atoms with van der Waals surface area (Å²) in [5.74, 6) is -0.0699. The maximum Gasteiger partial charge on any atom is 0.255 e. The predicted octanol–water partition coefficient (Wildman–Crippen LogP) is 3.28. The summed E-state index contributed by atoms with van der Waals surface area (Å²) in [6, 6.07) is 13.0. The first-order chi connectivity index (χ1) is 12.2. The van der Waals surface area contributed by atoms with Crippen molar-refractivity contribution >= 4 is 17.5 Å². The SMILES string of the molecule is O=C(CCCc1ccccn1)Nc1ccccc1C(=O)N1CCCC1. The number of aromatic nitrogens is 1. The van der Waals surface area contributed by atoms with E-state index in [2.05, 4.69) is 10.3 Å². The Labute approximate surface area is 148 Å². The summed E-state index contributed by atoms with van der Waals surface area (Å²) in [6.45, 7) is 1.59. The number of anilines is 1. The number of benzene rings is 1. The van der Waals surface area contributed by atoms with E-state index in [0.29, 0.717) is 17.7 Å². The third-order valence-electron chi connectivity index (χ3n) is 4.39. The molecule has 1 N–H and O–H groups in total. The fraction of sp³-hybridized carbons (Fsp3) is 0.350. The van der Waals surface area contributed by atoms with E-state index in [-0.39, 0.29) is 11.8 Å². The number of carbonyl (C=O) groups excluding carboxylic acids is 2. The maximum atomic E-state index is 12.6. The Hall–Kier alpha value is -2.69. The van der Waals surface area contributed by atoms with Gasteiger partial charge in [-0.05, 0) is 49.9 Å². The molecule has 0 aliphatic carbocycles. The molecule has 0 radical (unpaired) electrons. The third kappa shape index (κ3) is 4.66. The molecule has 3 rings (SSSR count). The molecule has 0 atom stereocenters. The number of carbonyl (C=O) groups is 2. The zero-order chi connectivity index (χ0) is 17.5. The van der Waals surface area contributed by atoms with Crippen LogP contribution in [0, 0.1) is 0 Å².